The smallest absolute Gasteiger partial charge is 0.124 e. The first-order valence-electron chi connectivity index (χ1n) is 6.17. The maximum atomic E-state index is 9.88. The van der Waals surface area contributed by atoms with Crippen molar-refractivity contribution < 1.29 is 10.3 Å². The Morgan fingerprint density at radius 3 is 2.22 bits per heavy atom. The lowest BCUT2D eigenvalue weighted by atomic mass is 9.72. The van der Waals surface area contributed by atoms with E-state index in [0.29, 0.717) is 5.56 Å². The van der Waals surface area contributed by atoms with E-state index in [0.717, 1.165) is 12.0 Å². The van der Waals surface area contributed by atoms with Gasteiger partial charge in [0.25, 0.3) is 0 Å². The van der Waals surface area contributed by atoms with Crippen LogP contribution in [0.2, 0.25) is 0 Å². The predicted octanol–water partition coefficient (Wildman–Crippen LogP) is 3.91. The van der Waals surface area contributed by atoms with E-state index in [4.69, 9.17) is 5.21 Å². The van der Waals surface area contributed by atoms with E-state index in [2.05, 4.69) is 39.8 Å². The summed E-state index contributed by atoms with van der Waals surface area (Å²) in [6, 6.07) is 5.50. The van der Waals surface area contributed by atoms with Crippen LogP contribution >= 0.6 is 0 Å². The molecule has 100 valence electrons. The Bertz CT molecular complexity index is 442. The highest BCUT2D eigenvalue weighted by Gasteiger charge is 2.27. The number of hydrogen-bond acceptors (Lipinski definition) is 3. The van der Waals surface area contributed by atoms with E-state index >= 15 is 0 Å². The fourth-order valence-corrected chi connectivity index (χ4v) is 2.56. The van der Waals surface area contributed by atoms with E-state index < -0.39 is 0 Å². The van der Waals surface area contributed by atoms with Crippen molar-refractivity contribution in [1.82, 2.24) is 0 Å². The lowest BCUT2D eigenvalue weighted by molar-refractivity contribution is 0.283. The lowest BCUT2D eigenvalue weighted by Crippen LogP contribution is -2.24. The molecule has 0 saturated carbocycles. The summed E-state index contributed by atoms with van der Waals surface area (Å²) in [5.74, 6) is 0.146. The highest BCUT2D eigenvalue weighted by atomic mass is 16.4. The molecule has 2 N–H and O–H groups in total. The topological polar surface area (TPSA) is 52.8 Å². The van der Waals surface area contributed by atoms with Crippen LogP contribution in [-0.4, -0.2) is 16.5 Å². The van der Waals surface area contributed by atoms with Gasteiger partial charge in [0, 0.05) is 5.56 Å². The number of nitrogens with zero attached hydrogens (tertiary/aromatic N) is 1. The monoisotopic (exact) mass is 249 g/mol. The number of aromatic hydroxyl groups is 1. The largest absolute Gasteiger partial charge is 0.507 e. The maximum Gasteiger partial charge on any atom is 0.124 e. The van der Waals surface area contributed by atoms with Gasteiger partial charge in [0.15, 0.2) is 0 Å². The third-order valence-electron chi connectivity index (χ3n) is 2.98. The molecule has 0 spiro atoms. The Kier molecular flexibility index (Phi) is 4.05. The molecule has 0 bridgehead atoms. The van der Waals surface area contributed by atoms with Crippen LogP contribution in [0, 0.1) is 5.41 Å². The lowest BCUT2D eigenvalue weighted by Gasteiger charge is -2.33. The first-order valence-corrected chi connectivity index (χ1v) is 6.17. The fraction of sp³-hybridized carbons (Fsp3) is 0.533. The molecule has 0 fully saturated rings. The standard InChI is InChI=1S/C15H23NO2/c1-14(2,3)10-15(4,5)12-7-6-11(9-16-18)13(17)8-12/h6-9,17-18H,10H2,1-5H3. The highest BCUT2D eigenvalue weighted by Crippen LogP contribution is 2.37. The van der Waals surface area contributed by atoms with Crippen LogP contribution in [0.5, 0.6) is 5.75 Å². The molecule has 0 aliphatic rings. The zero-order valence-electron chi connectivity index (χ0n) is 11.9. The van der Waals surface area contributed by atoms with Gasteiger partial charge in [-0.05, 0) is 34.9 Å². The van der Waals surface area contributed by atoms with Gasteiger partial charge in [-0.2, -0.15) is 0 Å². The van der Waals surface area contributed by atoms with E-state index in [-0.39, 0.29) is 16.6 Å². The van der Waals surface area contributed by atoms with E-state index in [1.807, 2.05) is 6.07 Å². The summed E-state index contributed by atoms with van der Waals surface area (Å²) in [5.41, 5.74) is 1.83. The molecule has 0 aliphatic heterocycles. The second kappa shape index (κ2) is 5.01. The number of oxime groups is 1. The van der Waals surface area contributed by atoms with Crippen molar-refractivity contribution in [2.24, 2.45) is 10.6 Å². The van der Waals surface area contributed by atoms with Crippen molar-refractivity contribution in [2.75, 3.05) is 0 Å². The number of phenolic OH excluding ortho intramolecular Hbond substituents is 1. The number of phenols is 1. The summed E-state index contributed by atoms with van der Waals surface area (Å²) in [4.78, 5) is 0. The summed E-state index contributed by atoms with van der Waals surface area (Å²) in [6.07, 6.45) is 2.25. The molecule has 0 aromatic heterocycles. The second-order valence-electron chi connectivity index (χ2n) is 6.64. The van der Waals surface area contributed by atoms with Crippen LogP contribution in [0.25, 0.3) is 0 Å². The molecule has 0 atom stereocenters. The van der Waals surface area contributed by atoms with Crippen molar-refractivity contribution >= 4 is 6.21 Å². The van der Waals surface area contributed by atoms with E-state index in [1.54, 1.807) is 12.1 Å². The van der Waals surface area contributed by atoms with E-state index in [9.17, 15) is 5.11 Å². The Balaban J connectivity index is 3.07. The summed E-state index contributed by atoms with van der Waals surface area (Å²) < 4.78 is 0. The molecule has 3 nitrogen and oxygen atoms in total. The zero-order valence-corrected chi connectivity index (χ0v) is 11.9. The molecule has 1 aromatic carbocycles. The van der Waals surface area contributed by atoms with Crippen molar-refractivity contribution in [3.63, 3.8) is 0 Å². The van der Waals surface area contributed by atoms with Gasteiger partial charge in [-0.3, -0.25) is 0 Å². The average Bonchev–Trinajstić information content (AvgIpc) is 2.17. The van der Waals surface area contributed by atoms with Gasteiger partial charge >= 0.3 is 0 Å². The van der Waals surface area contributed by atoms with Gasteiger partial charge in [-0.15, -0.1) is 0 Å². The summed E-state index contributed by atoms with van der Waals surface area (Å²) in [5, 5.41) is 21.3. The number of rotatable bonds is 3. The average molecular weight is 249 g/mol. The second-order valence-corrected chi connectivity index (χ2v) is 6.64. The van der Waals surface area contributed by atoms with Crippen LogP contribution in [0.1, 0.15) is 52.2 Å². The predicted molar refractivity (Wildman–Crippen MR) is 74.6 cm³/mol. The summed E-state index contributed by atoms with van der Waals surface area (Å²) >= 11 is 0. The third kappa shape index (κ3) is 3.76. The minimum Gasteiger partial charge on any atom is -0.507 e. The van der Waals surface area contributed by atoms with Crippen molar-refractivity contribution in [1.29, 1.82) is 0 Å². The molecule has 1 rings (SSSR count). The van der Waals surface area contributed by atoms with Crippen molar-refractivity contribution in [3.05, 3.63) is 29.3 Å². The van der Waals surface area contributed by atoms with E-state index in [1.165, 1.54) is 6.21 Å². The maximum absolute atomic E-state index is 9.88. The van der Waals surface area contributed by atoms with Crippen molar-refractivity contribution in [3.8, 4) is 5.75 Å². The Labute approximate surface area is 109 Å². The first-order chi connectivity index (χ1) is 8.15. The van der Waals surface area contributed by atoms with Gasteiger partial charge < -0.3 is 10.3 Å². The molecule has 1 aromatic rings. The third-order valence-corrected chi connectivity index (χ3v) is 2.98. The summed E-state index contributed by atoms with van der Waals surface area (Å²) in [6.45, 7) is 11.0. The fourth-order valence-electron chi connectivity index (χ4n) is 2.56. The minimum absolute atomic E-state index is 0.00931. The highest BCUT2D eigenvalue weighted by molar-refractivity contribution is 5.83. The minimum atomic E-state index is -0.00931. The van der Waals surface area contributed by atoms with Crippen molar-refractivity contribution in [2.45, 2.75) is 46.5 Å². The van der Waals surface area contributed by atoms with Crippen LogP contribution in [0.4, 0.5) is 0 Å². The molecule has 18 heavy (non-hydrogen) atoms. The molecule has 0 radical (unpaired) electrons. The van der Waals surface area contributed by atoms with Crippen LogP contribution in [0.15, 0.2) is 23.4 Å². The molecule has 0 saturated heterocycles. The number of hydrogen-bond donors (Lipinski definition) is 2. The van der Waals surface area contributed by atoms with Gasteiger partial charge in [-0.1, -0.05) is 45.8 Å². The first kappa shape index (κ1) is 14.6. The Morgan fingerprint density at radius 1 is 1.17 bits per heavy atom. The summed E-state index contributed by atoms with van der Waals surface area (Å²) in [7, 11) is 0. The molecule has 0 amide bonds. The SMILES string of the molecule is CC(C)(C)CC(C)(C)c1ccc(C=NO)c(O)c1. The quantitative estimate of drug-likeness (QED) is 0.484. The number of benzene rings is 1. The molecular formula is C15H23NO2. The van der Waals surface area contributed by atoms with Gasteiger partial charge in [0.05, 0.1) is 6.21 Å². The van der Waals surface area contributed by atoms with Crippen LogP contribution < -0.4 is 0 Å². The van der Waals surface area contributed by atoms with Gasteiger partial charge in [0.2, 0.25) is 0 Å². The molecular weight excluding hydrogens is 226 g/mol. The molecule has 0 unspecified atom stereocenters. The molecule has 3 heteroatoms. The molecule has 0 heterocycles. The normalized spacial score (nSPS) is 13.2. The Hall–Kier alpha value is -1.51. The van der Waals surface area contributed by atoms with Gasteiger partial charge in [-0.25, -0.2) is 0 Å². The molecule has 0 aliphatic carbocycles. The zero-order chi connectivity index (χ0) is 14.0. The van der Waals surface area contributed by atoms with Crippen LogP contribution in [-0.2, 0) is 5.41 Å². The van der Waals surface area contributed by atoms with Crippen LogP contribution in [0.3, 0.4) is 0 Å². The Morgan fingerprint density at radius 2 is 1.78 bits per heavy atom. The van der Waals surface area contributed by atoms with Gasteiger partial charge in [0.1, 0.15) is 5.75 Å².